The maximum absolute atomic E-state index is 11.5. The summed E-state index contributed by atoms with van der Waals surface area (Å²) in [5.41, 5.74) is 0. The van der Waals surface area contributed by atoms with Crippen LogP contribution in [-0.2, 0) is 19.1 Å². The third-order valence-electron chi connectivity index (χ3n) is 2.36. The number of amides is 1. The number of nitrogens with zero attached hydrogens (tertiary/aromatic N) is 1. The van der Waals surface area contributed by atoms with E-state index in [-0.39, 0.29) is 24.1 Å². The van der Waals surface area contributed by atoms with E-state index in [4.69, 9.17) is 5.11 Å². The van der Waals surface area contributed by atoms with E-state index < -0.39 is 24.4 Å². The third kappa shape index (κ3) is 2.88. The molecule has 0 bridgehead atoms. The Morgan fingerprint density at radius 3 is 2.69 bits per heavy atom. The van der Waals surface area contributed by atoms with Crippen molar-refractivity contribution >= 4 is 30.5 Å². The predicted octanol–water partition coefficient (Wildman–Crippen LogP) is -0.467. The Morgan fingerprint density at radius 2 is 2.31 bits per heavy atom. The van der Waals surface area contributed by atoms with Crippen molar-refractivity contribution in [2.45, 2.75) is 24.1 Å². The average molecular weight is 247 g/mol. The Labute approximate surface area is 98.0 Å². The van der Waals surface area contributed by atoms with Gasteiger partial charge in [0.15, 0.2) is 0 Å². The highest BCUT2D eigenvalue weighted by Crippen LogP contribution is 2.20. The molecule has 7 heteroatoms. The zero-order chi connectivity index (χ0) is 12.3. The fourth-order valence-electron chi connectivity index (χ4n) is 1.64. The maximum Gasteiger partial charge on any atom is 0.329 e. The van der Waals surface area contributed by atoms with Crippen LogP contribution >= 0.6 is 12.6 Å². The molecular formula is C9H13NO5S. The van der Waals surface area contributed by atoms with Crippen LogP contribution in [0.25, 0.3) is 0 Å². The molecule has 1 amide bonds. The van der Waals surface area contributed by atoms with Crippen LogP contribution in [0.1, 0.15) is 12.8 Å². The van der Waals surface area contributed by atoms with E-state index >= 15 is 0 Å². The van der Waals surface area contributed by atoms with E-state index in [1.54, 1.807) is 0 Å². The lowest BCUT2D eigenvalue weighted by Gasteiger charge is -2.24. The molecule has 1 N–H and O–H groups in total. The van der Waals surface area contributed by atoms with E-state index in [2.05, 4.69) is 17.4 Å². The largest absolute Gasteiger partial charge is 0.481 e. The summed E-state index contributed by atoms with van der Waals surface area (Å²) in [6.07, 6.45) is -0.227. The second-order valence-electron chi connectivity index (χ2n) is 3.54. The fourth-order valence-corrected chi connectivity index (χ4v) is 1.97. The number of carbonyl (C=O) groups is 3. The zero-order valence-electron chi connectivity index (χ0n) is 8.75. The number of thiol groups is 1. The van der Waals surface area contributed by atoms with Crippen molar-refractivity contribution in [2.75, 3.05) is 13.7 Å². The summed E-state index contributed by atoms with van der Waals surface area (Å²) in [6, 6.07) is -1.05. The normalized spacial score (nSPS) is 22.0. The first kappa shape index (κ1) is 12.8. The molecule has 1 unspecified atom stereocenters. The van der Waals surface area contributed by atoms with Crippen LogP contribution in [0, 0.1) is 0 Å². The van der Waals surface area contributed by atoms with Crippen molar-refractivity contribution in [2.24, 2.45) is 0 Å². The van der Waals surface area contributed by atoms with E-state index in [1.807, 2.05) is 0 Å². The van der Waals surface area contributed by atoms with Gasteiger partial charge in [-0.25, -0.2) is 4.79 Å². The highest BCUT2D eigenvalue weighted by Gasteiger charge is 2.38. The summed E-state index contributed by atoms with van der Waals surface area (Å²) in [6.45, 7) is 0.273. The molecule has 1 aliphatic heterocycles. The predicted molar refractivity (Wildman–Crippen MR) is 57.2 cm³/mol. The van der Waals surface area contributed by atoms with Crippen LogP contribution in [0.5, 0.6) is 0 Å². The summed E-state index contributed by atoms with van der Waals surface area (Å²) in [5, 5.41) is 8.52. The monoisotopic (exact) mass is 247 g/mol. The van der Waals surface area contributed by atoms with Gasteiger partial charge < -0.3 is 14.7 Å². The van der Waals surface area contributed by atoms with Gasteiger partial charge in [0, 0.05) is 18.2 Å². The van der Waals surface area contributed by atoms with Crippen LogP contribution in [0.4, 0.5) is 0 Å². The van der Waals surface area contributed by atoms with Crippen molar-refractivity contribution in [1.82, 2.24) is 4.90 Å². The lowest BCUT2D eigenvalue weighted by atomic mass is 10.2. The van der Waals surface area contributed by atoms with Gasteiger partial charge in [-0.15, -0.1) is 0 Å². The minimum Gasteiger partial charge on any atom is -0.481 e. The number of likely N-dealkylation sites (tertiary alicyclic amines) is 1. The highest BCUT2D eigenvalue weighted by molar-refractivity contribution is 7.81. The number of hydrogen-bond donors (Lipinski definition) is 2. The molecule has 0 aromatic rings. The van der Waals surface area contributed by atoms with Gasteiger partial charge in [-0.2, -0.15) is 12.6 Å². The quantitative estimate of drug-likeness (QED) is 0.518. The molecule has 1 fully saturated rings. The molecule has 1 rings (SSSR count). The van der Waals surface area contributed by atoms with Crippen molar-refractivity contribution in [1.29, 1.82) is 0 Å². The topological polar surface area (TPSA) is 83.9 Å². The van der Waals surface area contributed by atoms with E-state index in [0.717, 1.165) is 7.11 Å². The van der Waals surface area contributed by atoms with Crippen LogP contribution in [0.2, 0.25) is 0 Å². The van der Waals surface area contributed by atoms with E-state index in [1.165, 1.54) is 4.90 Å². The number of carboxylic acid groups (broad SMARTS) is 1. The Morgan fingerprint density at radius 1 is 1.69 bits per heavy atom. The Balaban J connectivity index is 2.80. The van der Waals surface area contributed by atoms with Gasteiger partial charge >= 0.3 is 11.9 Å². The summed E-state index contributed by atoms with van der Waals surface area (Å²) in [4.78, 5) is 34.7. The molecule has 0 spiro atoms. The average Bonchev–Trinajstić information content (AvgIpc) is 2.53. The molecule has 0 radical (unpaired) electrons. The zero-order valence-corrected chi connectivity index (χ0v) is 9.65. The smallest absolute Gasteiger partial charge is 0.329 e. The van der Waals surface area contributed by atoms with Gasteiger partial charge in [0.2, 0.25) is 5.91 Å². The van der Waals surface area contributed by atoms with Crippen LogP contribution in [0.15, 0.2) is 0 Å². The SMILES string of the molecule is COC(=O)[C@@H](CC(=O)O)N1CC(S)CC1=O. The summed E-state index contributed by atoms with van der Waals surface area (Å²) in [7, 11) is 1.16. The highest BCUT2D eigenvalue weighted by atomic mass is 32.1. The van der Waals surface area contributed by atoms with Crippen LogP contribution < -0.4 is 0 Å². The number of aliphatic carboxylic acids is 1. The molecule has 1 heterocycles. The standard InChI is InChI=1S/C9H13NO5S/c1-15-9(14)6(3-8(12)13)10-4-5(16)2-7(10)11/h5-6,16H,2-4H2,1H3,(H,12,13)/t5?,6-/m1/s1. The van der Waals surface area contributed by atoms with Crippen molar-refractivity contribution < 1.29 is 24.2 Å². The number of carboxylic acids is 1. The first-order chi connectivity index (χ1) is 7.45. The molecule has 1 saturated heterocycles. The number of hydrogen-bond acceptors (Lipinski definition) is 5. The Bertz CT molecular complexity index is 319. The number of esters is 1. The number of rotatable bonds is 4. The van der Waals surface area contributed by atoms with Crippen molar-refractivity contribution in [3.8, 4) is 0 Å². The van der Waals surface area contributed by atoms with Crippen LogP contribution in [0.3, 0.4) is 0 Å². The van der Waals surface area contributed by atoms with Gasteiger partial charge in [0.25, 0.3) is 0 Å². The second kappa shape index (κ2) is 5.20. The summed E-state index contributed by atoms with van der Waals surface area (Å²) < 4.78 is 4.49. The molecule has 0 aliphatic carbocycles. The Hall–Kier alpha value is -1.24. The summed E-state index contributed by atoms with van der Waals surface area (Å²) >= 11 is 4.13. The molecule has 16 heavy (non-hydrogen) atoms. The molecule has 0 aromatic carbocycles. The van der Waals surface area contributed by atoms with Crippen LogP contribution in [-0.4, -0.2) is 52.8 Å². The molecule has 90 valence electrons. The first-order valence-corrected chi connectivity index (χ1v) is 5.24. The van der Waals surface area contributed by atoms with Gasteiger partial charge in [0.05, 0.1) is 13.5 Å². The van der Waals surface area contributed by atoms with Gasteiger partial charge in [-0.1, -0.05) is 0 Å². The van der Waals surface area contributed by atoms with Gasteiger partial charge in [-0.05, 0) is 0 Å². The summed E-state index contributed by atoms with van der Waals surface area (Å²) in [5.74, 6) is -2.12. The number of methoxy groups -OCH3 is 1. The lowest BCUT2D eigenvalue weighted by molar-refractivity contribution is -0.155. The minimum atomic E-state index is -1.15. The first-order valence-electron chi connectivity index (χ1n) is 4.73. The Kier molecular flexibility index (Phi) is 4.17. The lowest BCUT2D eigenvalue weighted by Crippen LogP contribution is -2.44. The molecule has 2 atom stereocenters. The number of ether oxygens (including phenoxy) is 1. The van der Waals surface area contributed by atoms with Gasteiger partial charge in [-0.3, -0.25) is 9.59 Å². The third-order valence-corrected chi connectivity index (χ3v) is 2.70. The van der Waals surface area contributed by atoms with Crippen molar-refractivity contribution in [3.05, 3.63) is 0 Å². The second-order valence-corrected chi connectivity index (χ2v) is 4.27. The van der Waals surface area contributed by atoms with Crippen molar-refractivity contribution in [3.63, 3.8) is 0 Å². The molecular weight excluding hydrogens is 234 g/mol. The molecule has 0 aromatic heterocycles. The number of carbonyl (C=O) groups excluding carboxylic acids is 2. The molecule has 6 nitrogen and oxygen atoms in total. The van der Waals surface area contributed by atoms with E-state index in [9.17, 15) is 14.4 Å². The molecule has 1 aliphatic rings. The maximum atomic E-state index is 11.5. The fraction of sp³-hybridized carbons (Fsp3) is 0.667. The van der Waals surface area contributed by atoms with Gasteiger partial charge in [0.1, 0.15) is 6.04 Å². The minimum absolute atomic E-state index is 0.159. The van der Waals surface area contributed by atoms with E-state index in [0.29, 0.717) is 0 Å². The molecule has 0 saturated carbocycles.